The van der Waals surface area contributed by atoms with E-state index in [1.165, 1.54) is 11.3 Å². The van der Waals surface area contributed by atoms with E-state index in [1.54, 1.807) is 24.3 Å². The number of carbonyl (C=O) groups excluding carboxylic acids is 1. The SMILES string of the molecule is Cc1ccc(C(=O)Nc2ccc(/C(N)=N/O)cc2Br)s1. The van der Waals surface area contributed by atoms with Gasteiger partial charge in [-0.25, -0.2) is 0 Å². The first-order valence-electron chi connectivity index (χ1n) is 5.66. The lowest BCUT2D eigenvalue weighted by Gasteiger charge is -2.08. The third-order valence-corrected chi connectivity index (χ3v) is 4.24. The fraction of sp³-hybridized carbons (Fsp3) is 0.0769. The number of hydrogen-bond donors (Lipinski definition) is 3. The highest BCUT2D eigenvalue weighted by Crippen LogP contribution is 2.25. The molecule has 104 valence electrons. The van der Waals surface area contributed by atoms with Crippen LogP contribution in [0.5, 0.6) is 0 Å². The van der Waals surface area contributed by atoms with Crippen LogP contribution in [0.4, 0.5) is 5.69 Å². The highest BCUT2D eigenvalue weighted by atomic mass is 79.9. The van der Waals surface area contributed by atoms with Crippen LogP contribution in [0.3, 0.4) is 0 Å². The molecule has 0 unspecified atom stereocenters. The Labute approximate surface area is 128 Å². The summed E-state index contributed by atoms with van der Waals surface area (Å²) in [6.45, 7) is 1.95. The quantitative estimate of drug-likeness (QED) is 0.342. The summed E-state index contributed by atoms with van der Waals surface area (Å²) in [6, 6.07) is 8.71. The summed E-state index contributed by atoms with van der Waals surface area (Å²) in [5, 5.41) is 14.4. The van der Waals surface area contributed by atoms with E-state index in [9.17, 15) is 4.79 Å². The molecule has 0 radical (unpaired) electrons. The largest absolute Gasteiger partial charge is 0.409 e. The molecule has 4 N–H and O–H groups in total. The number of carbonyl (C=O) groups is 1. The van der Waals surface area contributed by atoms with Gasteiger partial charge in [0, 0.05) is 14.9 Å². The summed E-state index contributed by atoms with van der Waals surface area (Å²) in [7, 11) is 0. The molecule has 0 atom stereocenters. The molecule has 1 aromatic carbocycles. The molecule has 1 amide bonds. The molecule has 0 bridgehead atoms. The number of rotatable bonds is 3. The summed E-state index contributed by atoms with van der Waals surface area (Å²) in [5.41, 5.74) is 6.68. The van der Waals surface area contributed by atoms with Gasteiger partial charge in [-0.1, -0.05) is 5.16 Å². The van der Waals surface area contributed by atoms with Gasteiger partial charge in [0.05, 0.1) is 10.6 Å². The van der Waals surface area contributed by atoms with Gasteiger partial charge < -0.3 is 16.3 Å². The molecule has 0 saturated heterocycles. The third-order valence-electron chi connectivity index (χ3n) is 2.58. The predicted octanol–water partition coefficient (Wildman–Crippen LogP) is 3.17. The maximum atomic E-state index is 12.0. The number of hydrogen-bond acceptors (Lipinski definition) is 4. The van der Waals surface area contributed by atoms with Crippen LogP contribution < -0.4 is 11.1 Å². The molecule has 5 nitrogen and oxygen atoms in total. The van der Waals surface area contributed by atoms with E-state index in [4.69, 9.17) is 10.9 Å². The van der Waals surface area contributed by atoms with Crippen LogP contribution in [0.1, 0.15) is 20.1 Å². The minimum atomic E-state index is -0.166. The molecule has 0 spiro atoms. The van der Waals surface area contributed by atoms with Crippen LogP contribution in [0.2, 0.25) is 0 Å². The Morgan fingerprint density at radius 1 is 1.40 bits per heavy atom. The Morgan fingerprint density at radius 2 is 2.15 bits per heavy atom. The van der Waals surface area contributed by atoms with Crippen LogP contribution in [0.25, 0.3) is 0 Å². The standard InChI is InChI=1S/C13H12BrN3O2S/c1-7-2-5-11(20-7)13(18)16-10-4-3-8(6-9(10)14)12(15)17-19/h2-6,19H,1H3,(H2,15,17)(H,16,18). The number of halogens is 1. The Bertz CT molecular complexity index is 682. The van der Waals surface area contributed by atoms with Gasteiger partial charge in [0.1, 0.15) is 0 Å². The average molecular weight is 354 g/mol. The van der Waals surface area contributed by atoms with Gasteiger partial charge in [0.2, 0.25) is 0 Å². The number of aryl methyl sites for hydroxylation is 1. The second-order valence-corrected chi connectivity index (χ2v) is 6.19. The molecule has 0 aliphatic heterocycles. The van der Waals surface area contributed by atoms with E-state index in [-0.39, 0.29) is 11.7 Å². The molecule has 0 aliphatic carbocycles. The molecule has 0 aliphatic rings. The number of nitrogens with one attached hydrogen (secondary N) is 1. The fourth-order valence-electron chi connectivity index (χ4n) is 1.57. The van der Waals surface area contributed by atoms with Crippen LogP contribution in [0, 0.1) is 6.92 Å². The Morgan fingerprint density at radius 3 is 2.70 bits per heavy atom. The number of amidine groups is 1. The Balaban J connectivity index is 2.20. The van der Waals surface area contributed by atoms with Crippen molar-refractivity contribution in [3.05, 3.63) is 50.1 Å². The first kappa shape index (κ1) is 14.5. The van der Waals surface area contributed by atoms with Crippen LogP contribution in [-0.2, 0) is 0 Å². The number of nitrogens with zero attached hydrogens (tertiary/aromatic N) is 1. The topological polar surface area (TPSA) is 87.7 Å². The third kappa shape index (κ3) is 3.17. The fourth-order valence-corrected chi connectivity index (χ4v) is 2.81. The number of thiophene rings is 1. The van der Waals surface area contributed by atoms with Gasteiger partial charge in [-0.15, -0.1) is 11.3 Å². The minimum absolute atomic E-state index is 0.0115. The molecular weight excluding hydrogens is 342 g/mol. The summed E-state index contributed by atoms with van der Waals surface area (Å²) in [5.74, 6) is -0.155. The number of benzene rings is 1. The maximum Gasteiger partial charge on any atom is 0.265 e. The summed E-state index contributed by atoms with van der Waals surface area (Å²) >= 11 is 4.78. The van der Waals surface area contributed by atoms with Crippen molar-refractivity contribution in [3.8, 4) is 0 Å². The van der Waals surface area contributed by atoms with Crippen molar-refractivity contribution in [2.45, 2.75) is 6.92 Å². The van der Waals surface area contributed by atoms with Gasteiger partial charge >= 0.3 is 0 Å². The molecule has 20 heavy (non-hydrogen) atoms. The number of amides is 1. The molecular formula is C13H12BrN3O2S. The van der Waals surface area contributed by atoms with Gasteiger partial charge in [0.15, 0.2) is 5.84 Å². The van der Waals surface area contributed by atoms with Crippen molar-refractivity contribution in [2.75, 3.05) is 5.32 Å². The first-order valence-corrected chi connectivity index (χ1v) is 7.27. The van der Waals surface area contributed by atoms with Crippen LogP contribution in [-0.4, -0.2) is 17.0 Å². The zero-order valence-electron chi connectivity index (χ0n) is 10.6. The monoisotopic (exact) mass is 353 g/mol. The lowest BCUT2D eigenvalue weighted by Crippen LogP contribution is -2.14. The van der Waals surface area contributed by atoms with E-state index in [0.717, 1.165) is 4.88 Å². The Kier molecular flexibility index (Phi) is 4.41. The van der Waals surface area contributed by atoms with E-state index in [1.807, 2.05) is 13.0 Å². The zero-order chi connectivity index (χ0) is 14.7. The van der Waals surface area contributed by atoms with Crippen molar-refractivity contribution in [2.24, 2.45) is 10.9 Å². The highest BCUT2D eigenvalue weighted by Gasteiger charge is 2.11. The molecule has 7 heteroatoms. The van der Waals surface area contributed by atoms with Crippen molar-refractivity contribution in [3.63, 3.8) is 0 Å². The lowest BCUT2D eigenvalue weighted by molar-refractivity contribution is 0.103. The number of nitrogens with two attached hydrogens (primary N) is 1. The second kappa shape index (κ2) is 6.06. The van der Waals surface area contributed by atoms with Crippen LogP contribution >= 0.6 is 27.3 Å². The maximum absolute atomic E-state index is 12.0. The average Bonchev–Trinajstić information content (AvgIpc) is 2.86. The Hall–Kier alpha value is -1.86. The zero-order valence-corrected chi connectivity index (χ0v) is 13.0. The second-order valence-electron chi connectivity index (χ2n) is 4.04. The smallest absolute Gasteiger partial charge is 0.265 e. The normalized spacial score (nSPS) is 11.4. The predicted molar refractivity (Wildman–Crippen MR) is 83.7 cm³/mol. The first-order chi connectivity index (χ1) is 9.51. The van der Waals surface area contributed by atoms with Crippen molar-refractivity contribution >= 4 is 44.7 Å². The van der Waals surface area contributed by atoms with Crippen LogP contribution in [0.15, 0.2) is 40.0 Å². The molecule has 2 rings (SSSR count). The van der Waals surface area contributed by atoms with Crippen molar-refractivity contribution in [1.29, 1.82) is 0 Å². The van der Waals surface area contributed by atoms with Gasteiger partial charge in [-0.05, 0) is 53.2 Å². The molecule has 2 aromatic rings. The molecule has 1 aromatic heterocycles. The molecule has 1 heterocycles. The minimum Gasteiger partial charge on any atom is -0.409 e. The molecule has 0 saturated carbocycles. The summed E-state index contributed by atoms with van der Waals surface area (Å²) in [4.78, 5) is 13.8. The van der Waals surface area contributed by atoms with Gasteiger partial charge in [0.25, 0.3) is 5.91 Å². The van der Waals surface area contributed by atoms with Crippen molar-refractivity contribution < 1.29 is 10.0 Å². The van der Waals surface area contributed by atoms with Gasteiger partial charge in [-0.2, -0.15) is 0 Å². The van der Waals surface area contributed by atoms with E-state index < -0.39 is 0 Å². The molecule has 0 fully saturated rings. The number of anilines is 1. The van der Waals surface area contributed by atoms with E-state index >= 15 is 0 Å². The van der Waals surface area contributed by atoms with Crippen molar-refractivity contribution in [1.82, 2.24) is 0 Å². The summed E-state index contributed by atoms with van der Waals surface area (Å²) < 4.78 is 0.656. The highest BCUT2D eigenvalue weighted by molar-refractivity contribution is 9.10. The van der Waals surface area contributed by atoms with E-state index in [2.05, 4.69) is 26.4 Å². The van der Waals surface area contributed by atoms with Gasteiger partial charge in [-0.3, -0.25) is 4.79 Å². The number of oxime groups is 1. The van der Waals surface area contributed by atoms with E-state index in [0.29, 0.717) is 20.6 Å². The summed E-state index contributed by atoms with van der Waals surface area (Å²) in [6.07, 6.45) is 0. The lowest BCUT2D eigenvalue weighted by atomic mass is 10.2.